The van der Waals surface area contributed by atoms with Crippen LogP contribution in [-0.4, -0.2) is 36.7 Å². The lowest BCUT2D eigenvalue weighted by Crippen LogP contribution is -2.64. The van der Waals surface area contributed by atoms with E-state index in [1.54, 1.807) is 0 Å². The van der Waals surface area contributed by atoms with Crippen LogP contribution in [0.15, 0.2) is 0 Å². The van der Waals surface area contributed by atoms with Crippen LogP contribution in [0, 0.1) is 0 Å². The van der Waals surface area contributed by atoms with Gasteiger partial charge in [-0.1, -0.05) is 0 Å². The molecule has 102 valence electrons. The Hall–Kier alpha value is -0.670. The van der Waals surface area contributed by atoms with E-state index in [1.807, 2.05) is 0 Å². The van der Waals surface area contributed by atoms with E-state index in [0.29, 0.717) is 0 Å². The summed E-state index contributed by atoms with van der Waals surface area (Å²) >= 11 is 0. The van der Waals surface area contributed by atoms with Crippen molar-refractivity contribution >= 4 is 0 Å². The molecule has 0 bridgehead atoms. The second-order valence-corrected chi connectivity index (χ2v) is 3.52. The van der Waals surface area contributed by atoms with Crippen molar-refractivity contribution in [1.29, 1.82) is 0 Å². The number of halogens is 9. The average Bonchev–Trinajstić information content (AvgIpc) is 2.81. The summed E-state index contributed by atoms with van der Waals surface area (Å²) in [5.74, 6) is -5.63. The molecule has 1 unspecified atom stereocenters. The molecule has 1 atom stereocenters. The molecule has 1 nitrogen and oxygen atoms in total. The first-order chi connectivity index (χ1) is 7.33. The Balaban J connectivity index is 3.13. The van der Waals surface area contributed by atoms with Gasteiger partial charge in [0.25, 0.3) is 0 Å². The maximum Gasteiger partial charge on any atom is 0.437 e. The summed E-state index contributed by atoms with van der Waals surface area (Å²) < 4.78 is 114. The third kappa shape index (κ3) is 2.31. The lowest BCUT2D eigenvalue weighted by molar-refractivity contribution is -0.397. The highest BCUT2D eigenvalue weighted by atomic mass is 19.4. The average molecular weight is 276 g/mol. The van der Waals surface area contributed by atoms with Gasteiger partial charge in [0, 0.05) is 6.42 Å². The van der Waals surface area contributed by atoms with Crippen LogP contribution in [0.4, 0.5) is 39.5 Å². The predicted octanol–water partition coefficient (Wildman–Crippen LogP) is 3.24. The van der Waals surface area contributed by atoms with Gasteiger partial charge in [-0.15, -0.1) is 0 Å². The maximum absolute atomic E-state index is 12.9. The molecule has 1 aliphatic rings. The van der Waals surface area contributed by atoms with E-state index >= 15 is 0 Å². The summed E-state index contributed by atoms with van der Waals surface area (Å²) in [6.45, 7) is -0.415. The first-order valence-electron chi connectivity index (χ1n) is 4.15. The highest BCUT2D eigenvalue weighted by Gasteiger charge is 2.84. The van der Waals surface area contributed by atoms with Crippen molar-refractivity contribution in [3.63, 3.8) is 0 Å². The third-order valence-corrected chi connectivity index (χ3v) is 2.17. The molecule has 0 radical (unpaired) electrons. The van der Waals surface area contributed by atoms with Crippen LogP contribution in [0.1, 0.15) is 6.42 Å². The molecule has 0 aliphatic carbocycles. The molecule has 1 saturated heterocycles. The van der Waals surface area contributed by atoms with Gasteiger partial charge in [0.05, 0.1) is 12.7 Å². The number of rotatable bonds is 3. The third-order valence-electron chi connectivity index (χ3n) is 2.17. The number of hydrogen-bond acceptors (Lipinski definition) is 1. The van der Waals surface area contributed by atoms with Gasteiger partial charge in [0.15, 0.2) is 0 Å². The SMILES string of the molecule is FC(F)(F)C(F)(C(F)(F)F)C(F)(F)CC1CO1. The van der Waals surface area contributed by atoms with Crippen LogP contribution in [0.3, 0.4) is 0 Å². The normalized spacial score (nSPS) is 22.8. The zero-order valence-electron chi connectivity index (χ0n) is 7.80. The van der Waals surface area contributed by atoms with Crippen molar-refractivity contribution in [3.8, 4) is 0 Å². The molecule has 0 amide bonds. The van der Waals surface area contributed by atoms with Crippen LogP contribution < -0.4 is 0 Å². The summed E-state index contributed by atoms with van der Waals surface area (Å²) in [5.41, 5.74) is -6.57. The largest absolute Gasteiger partial charge is 0.437 e. The number of ether oxygens (including phenoxy) is 1. The Morgan fingerprint density at radius 1 is 0.824 bits per heavy atom. The highest BCUT2D eigenvalue weighted by molar-refractivity contribution is 5.06. The van der Waals surface area contributed by atoms with Crippen LogP contribution in [0.5, 0.6) is 0 Å². The summed E-state index contributed by atoms with van der Waals surface area (Å²) in [6.07, 6.45) is -17.0. The molecule has 0 N–H and O–H groups in total. The smallest absolute Gasteiger partial charge is 0.373 e. The van der Waals surface area contributed by atoms with E-state index in [1.165, 1.54) is 0 Å². The van der Waals surface area contributed by atoms with Crippen molar-refractivity contribution < 1.29 is 44.3 Å². The summed E-state index contributed by atoms with van der Waals surface area (Å²) in [7, 11) is 0. The highest BCUT2D eigenvalue weighted by Crippen LogP contribution is 2.56. The zero-order chi connectivity index (χ0) is 13.7. The quantitative estimate of drug-likeness (QED) is 0.569. The molecule has 1 heterocycles. The number of hydrogen-bond donors (Lipinski definition) is 0. The van der Waals surface area contributed by atoms with Gasteiger partial charge < -0.3 is 4.74 Å². The second kappa shape index (κ2) is 3.66. The fourth-order valence-corrected chi connectivity index (χ4v) is 1.19. The molecule has 0 saturated carbocycles. The Labute approximate surface area is 88.5 Å². The Morgan fingerprint density at radius 3 is 1.41 bits per heavy atom. The molecule has 0 spiro atoms. The fraction of sp³-hybridized carbons (Fsp3) is 1.00. The minimum atomic E-state index is -6.76. The van der Waals surface area contributed by atoms with Gasteiger partial charge in [-0.3, -0.25) is 0 Å². The molecule has 1 aliphatic heterocycles. The molecule has 1 fully saturated rings. The second-order valence-electron chi connectivity index (χ2n) is 3.52. The summed E-state index contributed by atoms with van der Waals surface area (Å²) in [6, 6.07) is 0. The van der Waals surface area contributed by atoms with Crippen LogP contribution in [-0.2, 0) is 4.74 Å². The van der Waals surface area contributed by atoms with Gasteiger partial charge in [0.2, 0.25) is 0 Å². The molecule has 0 aromatic rings. The maximum atomic E-state index is 12.9. The Morgan fingerprint density at radius 2 is 1.18 bits per heavy atom. The van der Waals surface area contributed by atoms with Gasteiger partial charge >= 0.3 is 23.9 Å². The van der Waals surface area contributed by atoms with E-state index in [0.717, 1.165) is 0 Å². The topological polar surface area (TPSA) is 12.5 Å². The number of epoxide rings is 1. The van der Waals surface area contributed by atoms with E-state index in [9.17, 15) is 39.5 Å². The van der Waals surface area contributed by atoms with Gasteiger partial charge in [-0.25, -0.2) is 13.2 Å². The van der Waals surface area contributed by atoms with Crippen molar-refractivity contribution in [2.45, 2.75) is 36.5 Å². The van der Waals surface area contributed by atoms with E-state index in [-0.39, 0.29) is 0 Å². The van der Waals surface area contributed by atoms with Crippen LogP contribution in [0.2, 0.25) is 0 Å². The van der Waals surface area contributed by atoms with Gasteiger partial charge in [-0.2, -0.15) is 26.3 Å². The van der Waals surface area contributed by atoms with Gasteiger partial charge in [0.1, 0.15) is 0 Å². The minimum Gasteiger partial charge on any atom is -0.373 e. The Kier molecular flexibility index (Phi) is 3.10. The molecule has 17 heavy (non-hydrogen) atoms. The van der Waals surface area contributed by atoms with E-state index < -0.39 is 43.1 Å². The summed E-state index contributed by atoms with van der Waals surface area (Å²) in [5, 5.41) is 0. The summed E-state index contributed by atoms with van der Waals surface area (Å²) in [4.78, 5) is 0. The lowest BCUT2D eigenvalue weighted by atomic mass is 9.92. The molecule has 0 aromatic carbocycles. The van der Waals surface area contributed by atoms with Crippen LogP contribution >= 0.6 is 0 Å². The zero-order valence-corrected chi connectivity index (χ0v) is 7.80. The van der Waals surface area contributed by atoms with Gasteiger partial charge in [-0.05, 0) is 0 Å². The van der Waals surface area contributed by atoms with Crippen molar-refractivity contribution in [3.05, 3.63) is 0 Å². The monoisotopic (exact) mass is 276 g/mol. The van der Waals surface area contributed by atoms with Crippen molar-refractivity contribution in [1.82, 2.24) is 0 Å². The first kappa shape index (κ1) is 14.4. The van der Waals surface area contributed by atoms with Crippen molar-refractivity contribution in [2.24, 2.45) is 0 Å². The van der Waals surface area contributed by atoms with E-state index in [2.05, 4.69) is 4.74 Å². The fourth-order valence-electron chi connectivity index (χ4n) is 1.19. The van der Waals surface area contributed by atoms with E-state index in [4.69, 9.17) is 0 Å². The number of alkyl halides is 9. The molecule has 10 heteroatoms. The Bertz CT molecular complexity index is 273. The standard InChI is InChI=1S/C7H5F9O/c8-4(9,1-3-2-17-3)5(10,6(11,12)13)7(14,15)16/h3H,1-2H2. The molecular weight excluding hydrogens is 271 g/mol. The first-order valence-corrected chi connectivity index (χ1v) is 4.15. The molecule has 0 aromatic heterocycles. The molecule has 1 rings (SSSR count). The lowest BCUT2D eigenvalue weighted by Gasteiger charge is -2.35. The van der Waals surface area contributed by atoms with Crippen molar-refractivity contribution in [2.75, 3.05) is 6.61 Å². The minimum absolute atomic E-state index is 0.415. The van der Waals surface area contributed by atoms with Crippen LogP contribution in [0.25, 0.3) is 0 Å². The predicted molar refractivity (Wildman–Crippen MR) is 35.3 cm³/mol. The molecular formula is C7H5F9O.